The van der Waals surface area contributed by atoms with Gasteiger partial charge >= 0.3 is 12.1 Å². The fraction of sp³-hybridized carbons (Fsp3) is 0.444. The summed E-state index contributed by atoms with van der Waals surface area (Å²) in [6.45, 7) is 3.07. The van der Waals surface area contributed by atoms with Crippen molar-refractivity contribution in [3.8, 4) is 11.1 Å². The van der Waals surface area contributed by atoms with Crippen molar-refractivity contribution < 1.29 is 24.2 Å². The molecule has 0 bridgehead atoms. The number of benzene rings is 2. The number of nitrogens with zero attached hydrogens (tertiary/aromatic N) is 1. The summed E-state index contributed by atoms with van der Waals surface area (Å²) in [5.41, 5.74) is 4.70. The molecule has 1 saturated heterocycles. The molecule has 2 fully saturated rings. The van der Waals surface area contributed by atoms with E-state index in [9.17, 15) is 19.5 Å². The maximum Gasteiger partial charge on any atom is 0.407 e. The number of carboxylic acid groups (broad SMARTS) is 1. The van der Waals surface area contributed by atoms with Crippen LogP contribution in [0.15, 0.2) is 48.5 Å². The highest BCUT2D eigenvalue weighted by atomic mass is 16.5. The predicted octanol–water partition coefficient (Wildman–Crippen LogP) is 3.87. The second kappa shape index (κ2) is 9.12. The summed E-state index contributed by atoms with van der Waals surface area (Å²) in [6.07, 6.45) is 1.56. The molecule has 0 aromatic heterocycles. The molecule has 2 unspecified atom stereocenters. The standard InChI is InChI=1S/C27H30N2O5/c1-16-18(26(31)32)11-6-12-29(16)25(30)23-13-17(23)14-28-27(33)34-15-24-21-9-4-2-7-19(21)20-8-3-5-10-22(20)24/h2-5,7-10,16-18,23-24H,6,11-15H2,1H3,(H,28,33)(H,31,32)/t16?,17-,18?,23-/m1/s1. The number of carboxylic acids is 1. The number of piperidine rings is 1. The number of carbonyl (C=O) groups is 3. The zero-order valence-corrected chi connectivity index (χ0v) is 19.3. The summed E-state index contributed by atoms with van der Waals surface area (Å²) < 4.78 is 5.58. The fourth-order valence-electron chi connectivity index (χ4n) is 5.64. The number of amides is 2. The van der Waals surface area contributed by atoms with Crippen LogP contribution in [-0.2, 0) is 14.3 Å². The Bertz CT molecular complexity index is 1070. The van der Waals surface area contributed by atoms with E-state index in [2.05, 4.69) is 29.6 Å². The van der Waals surface area contributed by atoms with Crippen LogP contribution in [0, 0.1) is 17.8 Å². The Hall–Kier alpha value is -3.35. The summed E-state index contributed by atoms with van der Waals surface area (Å²) in [5, 5.41) is 12.2. The number of alkyl carbamates (subject to hydrolysis) is 1. The minimum atomic E-state index is -0.839. The van der Waals surface area contributed by atoms with Gasteiger partial charge in [-0.15, -0.1) is 0 Å². The van der Waals surface area contributed by atoms with Crippen molar-refractivity contribution in [3.63, 3.8) is 0 Å². The van der Waals surface area contributed by atoms with Gasteiger partial charge in [0.25, 0.3) is 0 Å². The van der Waals surface area contributed by atoms with Gasteiger partial charge < -0.3 is 20.1 Å². The first-order valence-electron chi connectivity index (χ1n) is 12.1. The zero-order valence-electron chi connectivity index (χ0n) is 19.3. The Morgan fingerprint density at radius 3 is 2.32 bits per heavy atom. The molecule has 0 spiro atoms. The lowest BCUT2D eigenvalue weighted by atomic mass is 9.90. The number of likely N-dealkylation sites (tertiary alicyclic amines) is 1. The summed E-state index contributed by atoms with van der Waals surface area (Å²) in [4.78, 5) is 38.5. The molecule has 1 heterocycles. The van der Waals surface area contributed by atoms with Crippen LogP contribution < -0.4 is 5.32 Å². The van der Waals surface area contributed by atoms with E-state index in [0.717, 1.165) is 0 Å². The molecular formula is C27H30N2O5. The largest absolute Gasteiger partial charge is 0.481 e. The van der Waals surface area contributed by atoms with Crippen LogP contribution in [0.2, 0.25) is 0 Å². The van der Waals surface area contributed by atoms with Crippen LogP contribution in [-0.4, -0.2) is 53.7 Å². The quantitative estimate of drug-likeness (QED) is 0.679. The average molecular weight is 463 g/mol. The van der Waals surface area contributed by atoms with Gasteiger partial charge in [-0.1, -0.05) is 48.5 Å². The van der Waals surface area contributed by atoms with E-state index in [0.29, 0.717) is 32.4 Å². The monoisotopic (exact) mass is 462 g/mol. The fourth-order valence-corrected chi connectivity index (χ4v) is 5.64. The Morgan fingerprint density at radius 1 is 1.03 bits per heavy atom. The Balaban J connectivity index is 1.12. The third kappa shape index (κ3) is 4.15. The number of nitrogens with one attached hydrogen (secondary N) is 1. The molecule has 5 rings (SSSR count). The molecular weight excluding hydrogens is 432 g/mol. The summed E-state index contributed by atoms with van der Waals surface area (Å²) >= 11 is 0. The lowest BCUT2D eigenvalue weighted by molar-refractivity contribution is -0.149. The zero-order chi connectivity index (χ0) is 23.8. The Labute approximate surface area is 199 Å². The van der Waals surface area contributed by atoms with Crippen LogP contribution in [0.4, 0.5) is 4.79 Å². The van der Waals surface area contributed by atoms with Crippen molar-refractivity contribution in [3.05, 3.63) is 59.7 Å². The normalized spacial score (nSPS) is 25.3. The van der Waals surface area contributed by atoms with Gasteiger partial charge in [0.2, 0.25) is 5.91 Å². The maximum absolute atomic E-state index is 12.9. The molecule has 2 N–H and O–H groups in total. The Morgan fingerprint density at radius 2 is 1.68 bits per heavy atom. The van der Waals surface area contributed by atoms with Crippen molar-refractivity contribution in [1.29, 1.82) is 0 Å². The van der Waals surface area contributed by atoms with Crippen molar-refractivity contribution in [2.75, 3.05) is 19.7 Å². The van der Waals surface area contributed by atoms with Crippen molar-refractivity contribution in [2.24, 2.45) is 17.8 Å². The van der Waals surface area contributed by atoms with Crippen LogP contribution in [0.1, 0.15) is 43.2 Å². The lowest BCUT2D eigenvalue weighted by Gasteiger charge is -2.37. The smallest absolute Gasteiger partial charge is 0.407 e. The molecule has 1 saturated carbocycles. The van der Waals surface area contributed by atoms with E-state index >= 15 is 0 Å². The minimum absolute atomic E-state index is 0.0103. The SMILES string of the molecule is CC1C(C(=O)O)CCCN1C(=O)[C@@H]1C[C@@H]1CNC(=O)OCC1c2ccccc2-c2ccccc21. The third-order valence-electron chi connectivity index (χ3n) is 7.68. The maximum atomic E-state index is 12.9. The number of aliphatic carboxylic acids is 1. The van der Waals surface area contributed by atoms with Crippen LogP contribution in [0.5, 0.6) is 0 Å². The summed E-state index contributed by atoms with van der Waals surface area (Å²) in [7, 11) is 0. The minimum Gasteiger partial charge on any atom is -0.481 e. The highest BCUT2D eigenvalue weighted by Crippen LogP contribution is 2.44. The molecule has 2 aromatic rings. The van der Waals surface area contributed by atoms with Gasteiger partial charge in [-0.3, -0.25) is 9.59 Å². The van der Waals surface area contributed by atoms with Gasteiger partial charge in [0.1, 0.15) is 6.61 Å². The molecule has 2 aliphatic carbocycles. The molecule has 0 radical (unpaired) electrons. The van der Waals surface area contributed by atoms with E-state index in [1.165, 1.54) is 22.3 Å². The van der Waals surface area contributed by atoms with Gasteiger partial charge in [-0.05, 0) is 54.4 Å². The molecule has 4 atom stereocenters. The van der Waals surface area contributed by atoms with Gasteiger partial charge in [0.15, 0.2) is 0 Å². The topological polar surface area (TPSA) is 95.9 Å². The number of rotatable bonds is 6. The van der Waals surface area contributed by atoms with Crippen molar-refractivity contribution in [1.82, 2.24) is 10.2 Å². The first-order valence-corrected chi connectivity index (χ1v) is 12.1. The molecule has 178 valence electrons. The average Bonchev–Trinajstić information content (AvgIpc) is 3.56. The van der Waals surface area contributed by atoms with Gasteiger partial charge in [0.05, 0.1) is 5.92 Å². The van der Waals surface area contributed by atoms with Gasteiger partial charge in [-0.2, -0.15) is 0 Å². The summed E-state index contributed by atoms with van der Waals surface area (Å²) in [5.74, 6) is -1.40. The van der Waals surface area contributed by atoms with Crippen LogP contribution in [0.3, 0.4) is 0 Å². The molecule has 2 aromatic carbocycles. The highest BCUT2D eigenvalue weighted by Gasteiger charge is 2.47. The molecule has 3 aliphatic rings. The summed E-state index contributed by atoms with van der Waals surface area (Å²) in [6, 6.07) is 16.1. The van der Waals surface area contributed by atoms with E-state index in [1.54, 1.807) is 4.90 Å². The van der Waals surface area contributed by atoms with Crippen molar-refractivity contribution in [2.45, 2.75) is 38.1 Å². The third-order valence-corrected chi connectivity index (χ3v) is 7.68. The first kappa shape index (κ1) is 22.4. The number of ether oxygens (including phenoxy) is 1. The van der Waals surface area contributed by atoms with Gasteiger partial charge in [0, 0.05) is 31.0 Å². The molecule has 2 amide bonds. The lowest BCUT2D eigenvalue weighted by Crippen LogP contribution is -2.50. The van der Waals surface area contributed by atoms with E-state index in [1.807, 2.05) is 31.2 Å². The molecule has 7 nitrogen and oxygen atoms in total. The van der Waals surface area contributed by atoms with Gasteiger partial charge in [-0.25, -0.2) is 4.79 Å². The number of hydrogen-bond acceptors (Lipinski definition) is 4. The second-order valence-corrected chi connectivity index (χ2v) is 9.67. The molecule has 1 aliphatic heterocycles. The number of fused-ring (bicyclic) bond motifs is 3. The second-order valence-electron chi connectivity index (χ2n) is 9.67. The van der Waals surface area contributed by atoms with E-state index in [4.69, 9.17) is 4.74 Å². The predicted molar refractivity (Wildman–Crippen MR) is 126 cm³/mol. The number of hydrogen-bond donors (Lipinski definition) is 2. The van der Waals surface area contributed by atoms with E-state index in [-0.39, 0.29) is 36.3 Å². The van der Waals surface area contributed by atoms with Crippen LogP contribution in [0.25, 0.3) is 11.1 Å². The van der Waals surface area contributed by atoms with E-state index < -0.39 is 18.0 Å². The first-order chi connectivity index (χ1) is 16.5. The number of carbonyl (C=O) groups excluding carboxylic acids is 2. The Kier molecular flexibility index (Phi) is 6.02. The van der Waals surface area contributed by atoms with Crippen molar-refractivity contribution >= 4 is 18.0 Å². The van der Waals surface area contributed by atoms with Crippen LogP contribution >= 0.6 is 0 Å². The molecule has 34 heavy (non-hydrogen) atoms. The highest BCUT2D eigenvalue weighted by molar-refractivity contribution is 5.83. The molecule has 7 heteroatoms.